The lowest BCUT2D eigenvalue weighted by atomic mass is 10.0. The smallest absolute Gasteiger partial charge is 0.414 e. The highest BCUT2D eigenvalue weighted by atomic mass is 16.6. The van der Waals surface area contributed by atoms with Crippen LogP contribution in [0.15, 0.2) is 24.3 Å². The van der Waals surface area contributed by atoms with Gasteiger partial charge >= 0.3 is 6.09 Å². The highest BCUT2D eigenvalue weighted by molar-refractivity contribution is 5.89. The van der Waals surface area contributed by atoms with Crippen LogP contribution < -0.4 is 4.90 Å². The van der Waals surface area contributed by atoms with E-state index < -0.39 is 0 Å². The molecule has 1 aromatic carbocycles. The summed E-state index contributed by atoms with van der Waals surface area (Å²) in [5.74, 6) is 0.468. The summed E-state index contributed by atoms with van der Waals surface area (Å²) in [6, 6.07) is 9.90. The first kappa shape index (κ1) is 12.4. The van der Waals surface area contributed by atoms with Gasteiger partial charge < -0.3 is 4.74 Å². The van der Waals surface area contributed by atoms with Crippen molar-refractivity contribution in [3.05, 3.63) is 29.8 Å². The molecule has 0 aromatic heterocycles. The summed E-state index contributed by atoms with van der Waals surface area (Å²) in [5, 5.41) is 8.61. The number of rotatable bonds is 3. The van der Waals surface area contributed by atoms with Gasteiger partial charge in [-0.1, -0.05) is 26.0 Å². The molecule has 1 saturated heterocycles. The van der Waals surface area contributed by atoms with E-state index in [0.29, 0.717) is 12.5 Å². The molecule has 0 N–H and O–H groups in total. The Labute approximate surface area is 107 Å². The standard InChI is InChI=1S/C14H16N2O2/c1-10(2)11-3-5-12(6-4-11)16-9-13(7-8-15)18-14(16)17/h3-6,10,13H,7,9H2,1-2H3. The molecule has 0 spiro atoms. The molecule has 0 aliphatic carbocycles. The number of hydrogen-bond acceptors (Lipinski definition) is 3. The average Bonchev–Trinajstić information content (AvgIpc) is 2.71. The van der Waals surface area contributed by atoms with E-state index in [0.717, 1.165) is 5.69 Å². The topological polar surface area (TPSA) is 53.3 Å². The molecule has 94 valence electrons. The number of amides is 1. The SMILES string of the molecule is CC(C)c1ccc(N2CC(CC#N)OC2=O)cc1. The largest absolute Gasteiger partial charge is 0.443 e. The van der Waals surface area contributed by atoms with Crippen molar-refractivity contribution in [3.63, 3.8) is 0 Å². The number of anilines is 1. The summed E-state index contributed by atoms with van der Waals surface area (Å²) in [7, 11) is 0. The zero-order valence-electron chi connectivity index (χ0n) is 10.6. The molecule has 1 amide bonds. The highest BCUT2D eigenvalue weighted by Gasteiger charge is 2.31. The molecule has 4 nitrogen and oxygen atoms in total. The average molecular weight is 244 g/mol. The normalized spacial score (nSPS) is 18.9. The first-order chi connectivity index (χ1) is 8.61. The van der Waals surface area contributed by atoms with E-state index in [4.69, 9.17) is 10.00 Å². The van der Waals surface area contributed by atoms with Gasteiger partial charge in [0.25, 0.3) is 0 Å². The molecule has 0 saturated carbocycles. The van der Waals surface area contributed by atoms with E-state index in [2.05, 4.69) is 13.8 Å². The second kappa shape index (κ2) is 5.09. The van der Waals surface area contributed by atoms with Gasteiger partial charge in [-0.25, -0.2) is 4.79 Å². The van der Waals surface area contributed by atoms with Gasteiger partial charge in [0.05, 0.1) is 19.0 Å². The minimum atomic E-state index is -0.368. The molecular formula is C14H16N2O2. The number of carbonyl (C=O) groups is 1. The van der Waals surface area contributed by atoms with Crippen LogP contribution in [-0.2, 0) is 4.74 Å². The van der Waals surface area contributed by atoms with Crippen molar-refractivity contribution >= 4 is 11.8 Å². The number of benzene rings is 1. The third-order valence-corrected chi connectivity index (χ3v) is 3.06. The van der Waals surface area contributed by atoms with Gasteiger partial charge in [-0.3, -0.25) is 4.90 Å². The molecular weight excluding hydrogens is 228 g/mol. The minimum Gasteiger partial charge on any atom is -0.443 e. The first-order valence-electron chi connectivity index (χ1n) is 6.07. The fraction of sp³-hybridized carbons (Fsp3) is 0.429. The van der Waals surface area contributed by atoms with Gasteiger partial charge in [0.2, 0.25) is 0 Å². The zero-order valence-corrected chi connectivity index (χ0v) is 10.6. The number of cyclic esters (lactones) is 1. The first-order valence-corrected chi connectivity index (χ1v) is 6.07. The lowest BCUT2D eigenvalue weighted by Gasteiger charge is -2.14. The van der Waals surface area contributed by atoms with Gasteiger partial charge in [-0.15, -0.1) is 0 Å². The van der Waals surface area contributed by atoms with E-state index in [-0.39, 0.29) is 18.6 Å². The summed E-state index contributed by atoms with van der Waals surface area (Å²) in [4.78, 5) is 13.2. The van der Waals surface area contributed by atoms with Crippen molar-refractivity contribution in [3.8, 4) is 6.07 Å². The molecule has 0 radical (unpaired) electrons. The van der Waals surface area contributed by atoms with Crippen molar-refractivity contribution in [2.45, 2.75) is 32.3 Å². The van der Waals surface area contributed by atoms with Crippen LogP contribution in [0.4, 0.5) is 10.5 Å². The number of ether oxygens (including phenoxy) is 1. The van der Waals surface area contributed by atoms with Gasteiger partial charge in [-0.2, -0.15) is 5.26 Å². The van der Waals surface area contributed by atoms with Crippen LogP contribution in [0.2, 0.25) is 0 Å². The molecule has 2 rings (SSSR count). The molecule has 1 unspecified atom stereocenters. The summed E-state index contributed by atoms with van der Waals surface area (Å²) < 4.78 is 5.11. The van der Waals surface area contributed by atoms with E-state index in [9.17, 15) is 4.79 Å². The maximum atomic E-state index is 11.7. The molecule has 0 bridgehead atoms. The summed E-state index contributed by atoms with van der Waals surface area (Å²) in [5.41, 5.74) is 2.06. The zero-order chi connectivity index (χ0) is 13.1. The number of carbonyl (C=O) groups excluding carboxylic acids is 1. The van der Waals surface area contributed by atoms with Crippen LogP contribution in [-0.4, -0.2) is 18.7 Å². The quantitative estimate of drug-likeness (QED) is 0.821. The van der Waals surface area contributed by atoms with Crippen LogP contribution in [0, 0.1) is 11.3 Å². The van der Waals surface area contributed by atoms with E-state index in [1.54, 1.807) is 4.90 Å². The van der Waals surface area contributed by atoms with Crippen LogP contribution in [0.1, 0.15) is 31.7 Å². The third-order valence-electron chi connectivity index (χ3n) is 3.06. The molecule has 1 atom stereocenters. The van der Waals surface area contributed by atoms with Crippen LogP contribution in [0.3, 0.4) is 0 Å². The van der Waals surface area contributed by atoms with Crippen molar-refractivity contribution in [1.29, 1.82) is 5.26 Å². The Bertz CT molecular complexity index is 474. The van der Waals surface area contributed by atoms with Crippen molar-refractivity contribution in [2.24, 2.45) is 0 Å². The lowest BCUT2D eigenvalue weighted by Crippen LogP contribution is -2.24. The Kier molecular flexibility index (Phi) is 3.52. The molecule has 1 aromatic rings. The maximum absolute atomic E-state index is 11.7. The number of nitriles is 1. The van der Waals surface area contributed by atoms with Crippen molar-refractivity contribution in [1.82, 2.24) is 0 Å². The fourth-order valence-corrected chi connectivity index (χ4v) is 1.98. The van der Waals surface area contributed by atoms with E-state index >= 15 is 0 Å². The summed E-state index contributed by atoms with van der Waals surface area (Å²) in [6.45, 7) is 4.71. The number of hydrogen-bond donors (Lipinski definition) is 0. The van der Waals surface area contributed by atoms with Gasteiger partial charge in [0, 0.05) is 5.69 Å². The highest BCUT2D eigenvalue weighted by Crippen LogP contribution is 2.24. The molecule has 1 fully saturated rings. The third kappa shape index (κ3) is 2.45. The van der Waals surface area contributed by atoms with Crippen LogP contribution in [0.25, 0.3) is 0 Å². The van der Waals surface area contributed by atoms with Crippen molar-refractivity contribution in [2.75, 3.05) is 11.4 Å². The monoisotopic (exact) mass is 244 g/mol. The lowest BCUT2D eigenvalue weighted by molar-refractivity contribution is 0.143. The molecule has 1 aliphatic rings. The Morgan fingerprint density at radius 3 is 2.67 bits per heavy atom. The molecule has 1 heterocycles. The van der Waals surface area contributed by atoms with Crippen LogP contribution >= 0.6 is 0 Å². The van der Waals surface area contributed by atoms with Crippen molar-refractivity contribution < 1.29 is 9.53 Å². The Balaban J connectivity index is 2.12. The molecule has 4 heteroatoms. The predicted octanol–water partition coefficient (Wildman–Crippen LogP) is 3.05. The Hall–Kier alpha value is -2.02. The Morgan fingerprint density at radius 1 is 1.44 bits per heavy atom. The molecule has 18 heavy (non-hydrogen) atoms. The second-order valence-electron chi connectivity index (χ2n) is 4.72. The molecule has 1 aliphatic heterocycles. The maximum Gasteiger partial charge on any atom is 0.414 e. The predicted molar refractivity (Wildman–Crippen MR) is 68.4 cm³/mol. The second-order valence-corrected chi connectivity index (χ2v) is 4.72. The van der Waals surface area contributed by atoms with E-state index in [1.165, 1.54) is 5.56 Å². The van der Waals surface area contributed by atoms with E-state index in [1.807, 2.05) is 30.3 Å². The Morgan fingerprint density at radius 2 is 2.11 bits per heavy atom. The van der Waals surface area contributed by atoms with Gasteiger partial charge in [-0.05, 0) is 23.6 Å². The number of nitrogens with zero attached hydrogens (tertiary/aromatic N) is 2. The summed E-state index contributed by atoms with van der Waals surface area (Å²) in [6.07, 6.45) is -0.438. The van der Waals surface area contributed by atoms with Gasteiger partial charge in [0.1, 0.15) is 6.10 Å². The fourth-order valence-electron chi connectivity index (χ4n) is 1.98. The minimum absolute atomic E-state index is 0.242. The summed E-state index contributed by atoms with van der Waals surface area (Å²) >= 11 is 0. The van der Waals surface area contributed by atoms with Gasteiger partial charge in [0.15, 0.2) is 0 Å². The van der Waals surface area contributed by atoms with Crippen LogP contribution in [0.5, 0.6) is 0 Å².